The van der Waals surface area contributed by atoms with Crippen molar-refractivity contribution < 1.29 is 14.2 Å². The van der Waals surface area contributed by atoms with E-state index in [1.165, 1.54) is 0 Å². The van der Waals surface area contributed by atoms with Crippen LogP contribution in [0.15, 0.2) is 24.3 Å². The van der Waals surface area contributed by atoms with Gasteiger partial charge in [-0.25, -0.2) is 9.97 Å². The minimum atomic E-state index is 0.248. The number of nitrogens with two attached hydrogens (primary N) is 1. The molecule has 0 fully saturated rings. The molecule has 1 aromatic carbocycles. The molecule has 3 rings (SSSR count). The third-order valence-corrected chi connectivity index (χ3v) is 2.87. The maximum Gasteiger partial charge on any atom is 0.231 e. The van der Waals surface area contributed by atoms with Crippen molar-refractivity contribution >= 4 is 17.3 Å². The van der Waals surface area contributed by atoms with Crippen molar-refractivity contribution in [1.82, 2.24) is 9.97 Å². The van der Waals surface area contributed by atoms with Gasteiger partial charge in [0.05, 0.1) is 0 Å². The zero-order valence-electron chi connectivity index (χ0n) is 11.6. The Hall–Kier alpha value is -2.54. The van der Waals surface area contributed by atoms with Gasteiger partial charge in [-0.3, -0.25) is 0 Å². The molecule has 0 atom stereocenters. The summed E-state index contributed by atoms with van der Waals surface area (Å²) in [4.78, 5) is 8.49. The molecule has 0 radical (unpaired) electrons. The van der Waals surface area contributed by atoms with Crippen LogP contribution in [-0.2, 0) is 11.3 Å². The van der Waals surface area contributed by atoms with Crippen LogP contribution < -0.4 is 20.5 Å². The van der Waals surface area contributed by atoms with E-state index in [0.29, 0.717) is 36.4 Å². The number of ether oxygens (including phenoxy) is 3. The Kier molecular flexibility index (Phi) is 3.74. The van der Waals surface area contributed by atoms with Crippen molar-refractivity contribution in [3.63, 3.8) is 0 Å². The van der Waals surface area contributed by atoms with E-state index in [1.807, 2.05) is 25.1 Å². The van der Waals surface area contributed by atoms with Crippen molar-refractivity contribution in [1.29, 1.82) is 0 Å². The molecule has 0 saturated heterocycles. The van der Waals surface area contributed by atoms with Gasteiger partial charge in [-0.2, -0.15) is 0 Å². The topological polar surface area (TPSA) is 91.5 Å². The molecular weight excluding hydrogens is 272 g/mol. The minimum absolute atomic E-state index is 0.248. The zero-order valence-corrected chi connectivity index (χ0v) is 11.6. The van der Waals surface area contributed by atoms with Gasteiger partial charge in [-0.1, -0.05) is 0 Å². The molecule has 1 aliphatic rings. The van der Waals surface area contributed by atoms with E-state index in [9.17, 15) is 0 Å². The Morgan fingerprint density at radius 2 is 2.10 bits per heavy atom. The number of aromatic nitrogens is 2. The highest BCUT2D eigenvalue weighted by atomic mass is 16.7. The maximum atomic E-state index is 5.78. The van der Waals surface area contributed by atoms with Crippen molar-refractivity contribution in [2.45, 2.75) is 13.5 Å². The minimum Gasteiger partial charge on any atom is -0.454 e. The van der Waals surface area contributed by atoms with Crippen LogP contribution >= 0.6 is 0 Å². The SMILES string of the molecule is CCOCc1nc(N)cc(Nc2ccc3c(c2)OCO3)n1. The molecule has 1 aromatic heterocycles. The number of benzene rings is 1. The first kappa shape index (κ1) is 13.4. The molecule has 7 heteroatoms. The van der Waals surface area contributed by atoms with Crippen LogP contribution in [0.4, 0.5) is 17.3 Å². The van der Waals surface area contributed by atoms with E-state index in [4.69, 9.17) is 19.9 Å². The molecular formula is C14H16N4O3. The lowest BCUT2D eigenvalue weighted by Gasteiger charge is -2.09. The molecule has 1 aliphatic heterocycles. The molecule has 3 N–H and O–H groups in total. The smallest absolute Gasteiger partial charge is 0.231 e. The number of nitrogens with one attached hydrogen (secondary N) is 1. The summed E-state index contributed by atoms with van der Waals surface area (Å²) in [7, 11) is 0. The summed E-state index contributed by atoms with van der Waals surface area (Å²) < 4.78 is 15.9. The standard InChI is InChI=1S/C14H16N4O3/c1-2-19-7-14-17-12(15)6-13(18-14)16-9-3-4-10-11(5-9)21-8-20-10/h3-6H,2,7-8H2,1H3,(H3,15,16,17,18). The molecule has 21 heavy (non-hydrogen) atoms. The summed E-state index contributed by atoms with van der Waals surface area (Å²) in [6.07, 6.45) is 0. The van der Waals surface area contributed by atoms with Gasteiger partial charge in [-0.15, -0.1) is 0 Å². The highest BCUT2D eigenvalue weighted by Gasteiger charge is 2.13. The molecule has 0 saturated carbocycles. The Labute approximate surface area is 122 Å². The number of rotatable bonds is 5. The maximum absolute atomic E-state index is 5.78. The quantitative estimate of drug-likeness (QED) is 0.870. The van der Waals surface area contributed by atoms with Gasteiger partial charge in [-0.05, 0) is 19.1 Å². The molecule has 7 nitrogen and oxygen atoms in total. The lowest BCUT2D eigenvalue weighted by Crippen LogP contribution is -2.05. The van der Waals surface area contributed by atoms with Gasteiger partial charge in [0.25, 0.3) is 0 Å². The Morgan fingerprint density at radius 3 is 2.95 bits per heavy atom. The van der Waals surface area contributed by atoms with Crippen LogP contribution in [0.5, 0.6) is 11.5 Å². The van der Waals surface area contributed by atoms with Gasteiger partial charge in [0, 0.05) is 24.4 Å². The monoisotopic (exact) mass is 288 g/mol. The first-order valence-electron chi connectivity index (χ1n) is 6.62. The normalized spacial score (nSPS) is 12.4. The molecule has 0 spiro atoms. The average Bonchev–Trinajstić information content (AvgIpc) is 2.92. The predicted octanol–water partition coefficient (Wildman–Crippen LogP) is 2.07. The van der Waals surface area contributed by atoms with E-state index in [0.717, 1.165) is 11.4 Å². The van der Waals surface area contributed by atoms with Crippen LogP contribution in [0.1, 0.15) is 12.7 Å². The Morgan fingerprint density at radius 1 is 1.24 bits per heavy atom. The number of hydrogen-bond donors (Lipinski definition) is 2. The zero-order chi connectivity index (χ0) is 14.7. The predicted molar refractivity (Wildman–Crippen MR) is 77.6 cm³/mol. The number of hydrogen-bond acceptors (Lipinski definition) is 7. The molecule has 0 amide bonds. The van der Waals surface area contributed by atoms with Gasteiger partial charge >= 0.3 is 0 Å². The molecule has 0 bridgehead atoms. The van der Waals surface area contributed by atoms with Crippen LogP contribution in [0.3, 0.4) is 0 Å². The van der Waals surface area contributed by atoms with Gasteiger partial charge in [0.15, 0.2) is 17.3 Å². The summed E-state index contributed by atoms with van der Waals surface area (Å²) in [5, 5.41) is 3.17. The lowest BCUT2D eigenvalue weighted by atomic mass is 10.3. The van der Waals surface area contributed by atoms with Crippen molar-refractivity contribution in [3.8, 4) is 11.5 Å². The summed E-state index contributed by atoms with van der Waals surface area (Å²) in [6, 6.07) is 7.24. The number of anilines is 3. The van der Waals surface area contributed by atoms with Gasteiger partial charge in [0.1, 0.15) is 18.2 Å². The second kappa shape index (κ2) is 5.84. The number of nitrogens with zero attached hydrogens (tertiary/aromatic N) is 2. The fourth-order valence-corrected chi connectivity index (χ4v) is 1.96. The second-order valence-corrected chi connectivity index (χ2v) is 4.42. The second-order valence-electron chi connectivity index (χ2n) is 4.42. The Balaban J connectivity index is 1.79. The summed E-state index contributed by atoms with van der Waals surface area (Å²) in [5.41, 5.74) is 6.62. The third-order valence-electron chi connectivity index (χ3n) is 2.87. The number of fused-ring (bicyclic) bond motifs is 1. The molecule has 2 aromatic rings. The van der Waals surface area contributed by atoms with E-state index >= 15 is 0 Å². The molecule has 0 aliphatic carbocycles. The summed E-state index contributed by atoms with van der Waals surface area (Å²) in [6.45, 7) is 3.09. The van der Waals surface area contributed by atoms with Crippen molar-refractivity contribution in [2.24, 2.45) is 0 Å². The molecule has 2 heterocycles. The first-order valence-corrected chi connectivity index (χ1v) is 6.62. The van der Waals surface area contributed by atoms with Gasteiger partial charge in [0.2, 0.25) is 6.79 Å². The first-order chi connectivity index (χ1) is 10.2. The summed E-state index contributed by atoms with van der Waals surface area (Å²) >= 11 is 0. The fourth-order valence-electron chi connectivity index (χ4n) is 1.96. The van der Waals surface area contributed by atoms with Crippen molar-refractivity contribution in [2.75, 3.05) is 24.5 Å². The van der Waals surface area contributed by atoms with E-state index in [-0.39, 0.29) is 6.79 Å². The van der Waals surface area contributed by atoms with Gasteiger partial charge < -0.3 is 25.3 Å². The molecule has 110 valence electrons. The highest BCUT2D eigenvalue weighted by Crippen LogP contribution is 2.34. The van der Waals surface area contributed by atoms with Crippen LogP contribution in [-0.4, -0.2) is 23.4 Å². The van der Waals surface area contributed by atoms with Crippen LogP contribution in [0.25, 0.3) is 0 Å². The largest absolute Gasteiger partial charge is 0.454 e. The average molecular weight is 288 g/mol. The van der Waals surface area contributed by atoms with E-state index in [1.54, 1.807) is 6.07 Å². The third kappa shape index (κ3) is 3.14. The van der Waals surface area contributed by atoms with Crippen LogP contribution in [0, 0.1) is 0 Å². The molecule has 0 unspecified atom stereocenters. The van der Waals surface area contributed by atoms with E-state index < -0.39 is 0 Å². The van der Waals surface area contributed by atoms with Crippen LogP contribution in [0.2, 0.25) is 0 Å². The fraction of sp³-hybridized carbons (Fsp3) is 0.286. The number of nitrogen functional groups attached to an aromatic ring is 1. The van der Waals surface area contributed by atoms with Crippen molar-refractivity contribution in [3.05, 3.63) is 30.1 Å². The Bertz CT molecular complexity index is 648. The lowest BCUT2D eigenvalue weighted by molar-refractivity contribution is 0.128. The van der Waals surface area contributed by atoms with E-state index in [2.05, 4.69) is 15.3 Å². The highest BCUT2D eigenvalue weighted by molar-refractivity contribution is 5.63. The summed E-state index contributed by atoms with van der Waals surface area (Å²) in [5.74, 6) is 2.98.